The van der Waals surface area contributed by atoms with E-state index in [4.69, 9.17) is 90.4 Å². The van der Waals surface area contributed by atoms with E-state index >= 15 is 0 Å². The first-order valence-electron chi connectivity index (χ1n) is 23.9. The minimum absolute atomic E-state index is 0.0213. The molecule has 0 amide bonds. The summed E-state index contributed by atoms with van der Waals surface area (Å²) in [6.07, 6.45) is 9.07. The van der Waals surface area contributed by atoms with Crippen molar-refractivity contribution in [1.29, 1.82) is 0 Å². The molecule has 0 rings (SSSR count). The molecule has 0 atom stereocenters. The van der Waals surface area contributed by atoms with Gasteiger partial charge in [-0.05, 0) is 6.42 Å². The maximum absolute atomic E-state index is 8.60. The molecule has 0 aromatic heterocycles. The summed E-state index contributed by atoms with van der Waals surface area (Å²) < 4.78 is 98.5. The van der Waals surface area contributed by atoms with Gasteiger partial charge < -0.3 is 90.4 Å². The summed E-state index contributed by atoms with van der Waals surface area (Å²) in [4.78, 5) is 0. The highest BCUT2D eigenvalue weighted by Crippen LogP contribution is 2.06. The second kappa shape index (κ2) is 62.2. The van der Waals surface area contributed by atoms with Gasteiger partial charge in [-0.25, -0.2) is 0 Å². The first kappa shape index (κ1) is 63.2. The number of rotatable bonds is 61. The zero-order valence-corrected chi connectivity index (χ0v) is 39.9. The summed E-state index contributed by atoms with van der Waals surface area (Å²) in [6, 6.07) is 0. The van der Waals surface area contributed by atoms with Crippen LogP contribution in [0.3, 0.4) is 0 Å². The van der Waals surface area contributed by atoms with Crippen molar-refractivity contribution in [2.24, 2.45) is 0 Å². The molecule has 0 aliphatic rings. The van der Waals surface area contributed by atoms with E-state index in [1.807, 2.05) is 0 Å². The highest BCUT2D eigenvalue weighted by molar-refractivity contribution is 4.45. The lowest BCUT2D eigenvalue weighted by Crippen LogP contribution is -2.16. The zero-order valence-electron chi connectivity index (χ0n) is 39.9. The normalized spacial score (nSPS) is 11.7. The van der Waals surface area contributed by atoms with E-state index in [1.165, 1.54) is 38.5 Å². The molecule has 0 aromatic carbocycles. The summed E-state index contributed by atoms with van der Waals surface area (Å²) in [6.45, 7) is 20.8. The second-order valence-corrected chi connectivity index (χ2v) is 13.9. The SMILES string of the molecule is CCCCCCCCCOCCOCCOCCOCCOCCOCCOCCOCCOCCOCCOCCOCCOCCOCCOCCOCCOCCOCCO. The third kappa shape index (κ3) is 61.2. The Morgan fingerprint density at radius 1 is 0.172 bits per heavy atom. The molecule has 0 heterocycles. The van der Waals surface area contributed by atoms with Crippen molar-refractivity contribution in [2.75, 3.05) is 244 Å². The van der Waals surface area contributed by atoms with Crippen LogP contribution in [0.4, 0.5) is 0 Å². The molecule has 1 N–H and O–H groups in total. The van der Waals surface area contributed by atoms with Crippen molar-refractivity contribution >= 4 is 0 Å². The van der Waals surface area contributed by atoms with E-state index in [1.54, 1.807) is 0 Å². The largest absolute Gasteiger partial charge is 0.394 e. The van der Waals surface area contributed by atoms with E-state index in [2.05, 4.69) is 6.92 Å². The average molecular weight is 937 g/mol. The minimum atomic E-state index is 0.0213. The van der Waals surface area contributed by atoms with E-state index in [9.17, 15) is 0 Å². The highest BCUT2D eigenvalue weighted by Gasteiger charge is 1.99. The fourth-order valence-corrected chi connectivity index (χ4v) is 5.07. The Hall–Kier alpha value is -0.760. The molecule has 0 aromatic rings. The van der Waals surface area contributed by atoms with Gasteiger partial charge in [-0.1, -0.05) is 45.4 Å². The number of hydrogen-bond donors (Lipinski definition) is 1. The first-order chi connectivity index (χ1) is 31.9. The van der Waals surface area contributed by atoms with Crippen LogP contribution >= 0.6 is 0 Å². The Bertz CT molecular complexity index is 732. The van der Waals surface area contributed by atoms with Crippen molar-refractivity contribution < 1.29 is 90.4 Å². The van der Waals surface area contributed by atoms with Crippen LogP contribution in [0.5, 0.6) is 0 Å². The lowest BCUT2D eigenvalue weighted by atomic mass is 10.1. The van der Waals surface area contributed by atoms with Gasteiger partial charge in [0, 0.05) is 6.61 Å². The molecule has 64 heavy (non-hydrogen) atoms. The third-order valence-corrected chi connectivity index (χ3v) is 8.45. The van der Waals surface area contributed by atoms with Gasteiger partial charge in [-0.3, -0.25) is 0 Å². The lowest BCUT2D eigenvalue weighted by molar-refractivity contribution is -0.0310. The summed E-state index contributed by atoms with van der Waals surface area (Å²) in [5.41, 5.74) is 0. The van der Waals surface area contributed by atoms with Gasteiger partial charge in [0.05, 0.1) is 238 Å². The summed E-state index contributed by atoms with van der Waals surface area (Å²) in [7, 11) is 0. The molecule has 0 spiro atoms. The Kier molecular flexibility index (Phi) is 61.5. The molecule has 0 unspecified atom stereocenters. The van der Waals surface area contributed by atoms with Gasteiger partial charge in [-0.2, -0.15) is 0 Å². The maximum atomic E-state index is 8.60. The fraction of sp³-hybridized carbons (Fsp3) is 1.00. The smallest absolute Gasteiger partial charge is 0.0701 e. The Morgan fingerprint density at radius 2 is 0.312 bits per heavy atom. The number of aliphatic hydroxyl groups excluding tert-OH is 1. The number of hydrogen-bond acceptors (Lipinski definition) is 19. The summed E-state index contributed by atoms with van der Waals surface area (Å²) in [5.74, 6) is 0. The second-order valence-electron chi connectivity index (χ2n) is 13.9. The first-order valence-corrected chi connectivity index (χ1v) is 23.9. The van der Waals surface area contributed by atoms with Gasteiger partial charge in [-0.15, -0.1) is 0 Å². The predicted molar refractivity (Wildman–Crippen MR) is 240 cm³/mol. The summed E-state index contributed by atoms with van der Waals surface area (Å²) in [5, 5.41) is 8.60. The third-order valence-electron chi connectivity index (χ3n) is 8.45. The molecule has 0 aliphatic carbocycles. The van der Waals surface area contributed by atoms with Crippen LogP contribution in [0.25, 0.3) is 0 Å². The van der Waals surface area contributed by atoms with Gasteiger partial charge in [0.2, 0.25) is 0 Å². The molecule has 0 saturated carbocycles. The Balaban J connectivity index is 3.06. The Morgan fingerprint density at radius 3 is 0.484 bits per heavy atom. The lowest BCUT2D eigenvalue weighted by Gasteiger charge is -2.09. The van der Waals surface area contributed by atoms with Gasteiger partial charge in [0.15, 0.2) is 0 Å². The molecule has 0 aliphatic heterocycles. The van der Waals surface area contributed by atoms with Crippen molar-refractivity contribution in [3.05, 3.63) is 0 Å². The van der Waals surface area contributed by atoms with Crippen LogP contribution in [0.2, 0.25) is 0 Å². The Labute approximate surface area is 386 Å². The molecule has 0 saturated heterocycles. The molecule has 386 valence electrons. The van der Waals surface area contributed by atoms with Crippen LogP contribution in [0.1, 0.15) is 51.9 Å². The van der Waals surface area contributed by atoms with Crippen molar-refractivity contribution in [3.8, 4) is 0 Å². The monoisotopic (exact) mass is 937 g/mol. The van der Waals surface area contributed by atoms with Gasteiger partial charge >= 0.3 is 0 Å². The van der Waals surface area contributed by atoms with E-state index in [0.29, 0.717) is 231 Å². The summed E-state index contributed by atoms with van der Waals surface area (Å²) >= 11 is 0. The van der Waals surface area contributed by atoms with Crippen LogP contribution in [-0.4, -0.2) is 250 Å². The van der Waals surface area contributed by atoms with Crippen molar-refractivity contribution in [2.45, 2.75) is 51.9 Å². The molecular weight excluding hydrogens is 844 g/mol. The van der Waals surface area contributed by atoms with Crippen LogP contribution in [-0.2, 0) is 85.3 Å². The predicted octanol–water partition coefficient (Wildman–Crippen LogP) is 3.03. The van der Waals surface area contributed by atoms with E-state index in [0.717, 1.165) is 13.0 Å². The number of aliphatic hydroxyl groups is 1. The fourth-order valence-electron chi connectivity index (χ4n) is 5.07. The highest BCUT2D eigenvalue weighted by atomic mass is 16.6. The van der Waals surface area contributed by atoms with E-state index in [-0.39, 0.29) is 6.61 Å². The van der Waals surface area contributed by atoms with Crippen LogP contribution < -0.4 is 0 Å². The molecule has 0 radical (unpaired) electrons. The molecule has 0 fully saturated rings. The standard InChI is InChI=1S/C45H92O19/c1-2-3-4-5-6-7-8-10-47-12-14-49-16-18-51-20-22-53-24-26-55-28-30-57-32-34-59-36-38-61-40-42-63-44-45-64-43-41-62-39-37-60-35-33-58-31-29-56-27-25-54-23-21-52-19-17-50-15-13-48-11-9-46/h46H,2-45H2,1H3. The molecular formula is C45H92O19. The molecule has 19 heteroatoms. The molecule has 19 nitrogen and oxygen atoms in total. The van der Waals surface area contributed by atoms with Crippen molar-refractivity contribution in [1.82, 2.24) is 0 Å². The number of unbranched alkanes of at least 4 members (excludes halogenated alkanes) is 6. The van der Waals surface area contributed by atoms with Crippen molar-refractivity contribution in [3.63, 3.8) is 0 Å². The average Bonchev–Trinajstić information content (AvgIpc) is 3.31. The van der Waals surface area contributed by atoms with E-state index < -0.39 is 0 Å². The van der Waals surface area contributed by atoms with Crippen LogP contribution in [0.15, 0.2) is 0 Å². The maximum Gasteiger partial charge on any atom is 0.0701 e. The zero-order chi connectivity index (χ0) is 45.8. The minimum Gasteiger partial charge on any atom is -0.394 e. The van der Waals surface area contributed by atoms with Crippen LogP contribution in [0, 0.1) is 0 Å². The molecule has 0 bridgehead atoms. The quantitative estimate of drug-likeness (QED) is 0.0877. The van der Waals surface area contributed by atoms with Gasteiger partial charge in [0.25, 0.3) is 0 Å². The van der Waals surface area contributed by atoms with Gasteiger partial charge in [0.1, 0.15) is 0 Å². The topological polar surface area (TPSA) is 186 Å². The number of ether oxygens (including phenoxy) is 18.